The number of ether oxygens (including phenoxy) is 3. The van der Waals surface area contributed by atoms with Crippen molar-refractivity contribution >= 4 is 34.7 Å². The van der Waals surface area contributed by atoms with E-state index in [1.165, 1.54) is 18.4 Å². The van der Waals surface area contributed by atoms with Crippen molar-refractivity contribution in [3.63, 3.8) is 0 Å². The lowest BCUT2D eigenvalue weighted by Crippen LogP contribution is -2.37. The molecule has 0 bridgehead atoms. The van der Waals surface area contributed by atoms with Crippen LogP contribution in [0.25, 0.3) is 0 Å². The third kappa shape index (κ3) is 4.47. The Balaban J connectivity index is 1.42. The summed E-state index contributed by atoms with van der Waals surface area (Å²) in [6.07, 6.45) is 0.187. The van der Waals surface area contributed by atoms with Crippen molar-refractivity contribution in [3.8, 4) is 17.2 Å². The Hall–Kier alpha value is -3.72. The summed E-state index contributed by atoms with van der Waals surface area (Å²) in [6.45, 7) is 0.884. The number of nitrogens with one attached hydrogen (secondary N) is 1. The molecule has 0 unspecified atom stereocenters. The van der Waals surface area contributed by atoms with Crippen LogP contribution in [-0.2, 0) is 13.0 Å². The summed E-state index contributed by atoms with van der Waals surface area (Å²) in [5, 5.41) is 2.84. The number of fused-ring (bicyclic) bond motifs is 1. The Labute approximate surface area is 189 Å². The lowest BCUT2D eigenvalue weighted by Gasteiger charge is -2.26. The van der Waals surface area contributed by atoms with Crippen molar-refractivity contribution < 1.29 is 23.8 Å². The average molecular weight is 454 g/mol. The number of para-hydroxylation sites is 2. The maximum absolute atomic E-state index is 12.7. The first kappa shape index (κ1) is 21.5. The Kier molecular flexibility index (Phi) is 6.18. The summed E-state index contributed by atoms with van der Waals surface area (Å²) in [5.74, 6) is 1.18. The van der Waals surface area contributed by atoms with Gasteiger partial charge in [-0.1, -0.05) is 12.1 Å². The number of nitrogen functional groups attached to an aromatic ring is 1. The van der Waals surface area contributed by atoms with E-state index in [2.05, 4.69) is 5.32 Å². The molecule has 0 atom stereocenters. The Morgan fingerprint density at radius 3 is 2.59 bits per heavy atom. The molecule has 1 aliphatic heterocycles. The topological polar surface area (TPSA) is 103 Å². The van der Waals surface area contributed by atoms with Gasteiger partial charge in [-0.2, -0.15) is 0 Å². The fourth-order valence-electron chi connectivity index (χ4n) is 3.43. The molecule has 166 valence electrons. The zero-order chi connectivity index (χ0) is 22.7. The summed E-state index contributed by atoms with van der Waals surface area (Å²) >= 11 is 1.37. The maximum atomic E-state index is 12.7. The van der Waals surface area contributed by atoms with E-state index in [1.54, 1.807) is 42.3 Å². The van der Waals surface area contributed by atoms with Crippen molar-refractivity contribution in [2.24, 2.45) is 0 Å². The number of nitrogens with zero attached hydrogens (tertiary/aromatic N) is 1. The third-order valence-electron chi connectivity index (χ3n) is 5.13. The van der Waals surface area contributed by atoms with E-state index < -0.39 is 6.09 Å². The number of anilines is 2. The smallest absolute Gasteiger partial charge is 0.415 e. The number of methoxy groups -OCH3 is 2. The average Bonchev–Trinajstić information content (AvgIpc) is 3.24. The molecular weight excluding hydrogens is 430 g/mol. The van der Waals surface area contributed by atoms with Gasteiger partial charge in [0.05, 0.1) is 37.0 Å². The van der Waals surface area contributed by atoms with Gasteiger partial charge in [-0.05, 0) is 42.3 Å². The molecule has 0 saturated carbocycles. The number of carbonyl (C=O) groups excluding carboxylic acids is 2. The van der Waals surface area contributed by atoms with Crippen LogP contribution in [0.2, 0.25) is 0 Å². The van der Waals surface area contributed by atoms with Crippen molar-refractivity contribution in [1.29, 1.82) is 0 Å². The van der Waals surface area contributed by atoms with Gasteiger partial charge in [0.1, 0.15) is 5.75 Å². The van der Waals surface area contributed by atoms with Gasteiger partial charge >= 0.3 is 6.09 Å². The van der Waals surface area contributed by atoms with Gasteiger partial charge in [0.25, 0.3) is 5.91 Å². The predicted octanol–water partition coefficient (Wildman–Crippen LogP) is 4.16. The van der Waals surface area contributed by atoms with Crippen LogP contribution < -0.4 is 25.3 Å². The monoisotopic (exact) mass is 453 g/mol. The van der Waals surface area contributed by atoms with Gasteiger partial charge in [-0.15, -0.1) is 11.3 Å². The molecule has 0 aliphatic carbocycles. The highest BCUT2D eigenvalue weighted by Gasteiger charge is 2.26. The molecule has 1 aliphatic rings. The highest BCUT2D eigenvalue weighted by Crippen LogP contribution is 2.32. The van der Waals surface area contributed by atoms with E-state index in [9.17, 15) is 9.59 Å². The van der Waals surface area contributed by atoms with Gasteiger partial charge in [0.15, 0.2) is 11.5 Å². The molecule has 2 amide bonds. The molecule has 4 rings (SSSR count). The largest absolute Gasteiger partial charge is 0.493 e. The normalized spacial score (nSPS) is 12.6. The van der Waals surface area contributed by atoms with E-state index in [1.807, 2.05) is 18.2 Å². The Morgan fingerprint density at radius 2 is 1.84 bits per heavy atom. The second kappa shape index (κ2) is 9.19. The van der Waals surface area contributed by atoms with Crippen LogP contribution in [0.1, 0.15) is 20.1 Å². The summed E-state index contributed by atoms with van der Waals surface area (Å²) in [6, 6.07) is 13.9. The number of thiophene rings is 1. The summed E-state index contributed by atoms with van der Waals surface area (Å²) in [5.41, 5.74) is 8.05. The third-order valence-corrected chi connectivity index (χ3v) is 6.29. The molecule has 0 radical (unpaired) electrons. The molecule has 0 saturated heterocycles. The number of hydrogen-bond donors (Lipinski definition) is 2. The molecule has 8 nitrogen and oxygen atoms in total. The molecule has 9 heteroatoms. The van der Waals surface area contributed by atoms with E-state index in [0.29, 0.717) is 53.0 Å². The molecule has 1 aromatic heterocycles. The molecular formula is C23H23N3O5S. The summed E-state index contributed by atoms with van der Waals surface area (Å²) in [4.78, 5) is 28.5. The van der Waals surface area contributed by atoms with E-state index >= 15 is 0 Å². The summed E-state index contributed by atoms with van der Waals surface area (Å²) in [7, 11) is 3.06. The van der Waals surface area contributed by atoms with Crippen molar-refractivity contribution in [2.75, 3.05) is 31.8 Å². The molecule has 2 heterocycles. The zero-order valence-electron chi connectivity index (χ0n) is 17.7. The first-order valence-electron chi connectivity index (χ1n) is 9.94. The van der Waals surface area contributed by atoms with Crippen LogP contribution in [0, 0.1) is 0 Å². The number of benzene rings is 2. The second-order valence-corrected chi connectivity index (χ2v) is 8.29. The van der Waals surface area contributed by atoms with Crippen molar-refractivity contribution in [3.05, 3.63) is 63.8 Å². The number of nitrogens with two attached hydrogens (primary N) is 1. The minimum atomic E-state index is -0.459. The number of rotatable bonds is 5. The molecule has 3 aromatic rings. The van der Waals surface area contributed by atoms with Crippen LogP contribution in [0.3, 0.4) is 0 Å². The van der Waals surface area contributed by atoms with E-state index in [4.69, 9.17) is 19.9 Å². The fourth-order valence-corrected chi connectivity index (χ4v) is 4.55. The van der Waals surface area contributed by atoms with Crippen LogP contribution in [0.15, 0.2) is 48.5 Å². The van der Waals surface area contributed by atoms with Crippen LogP contribution >= 0.6 is 11.3 Å². The lowest BCUT2D eigenvalue weighted by molar-refractivity contribution is 0.103. The minimum absolute atomic E-state index is 0.221. The zero-order valence-corrected chi connectivity index (χ0v) is 18.5. The fraction of sp³-hybridized carbons (Fsp3) is 0.217. The number of amides is 2. The lowest BCUT2D eigenvalue weighted by atomic mass is 10.1. The van der Waals surface area contributed by atoms with Crippen LogP contribution in [0.5, 0.6) is 17.2 Å². The highest BCUT2D eigenvalue weighted by atomic mass is 32.1. The van der Waals surface area contributed by atoms with Gasteiger partial charge in [0.2, 0.25) is 0 Å². The van der Waals surface area contributed by atoms with Crippen LogP contribution in [-0.4, -0.2) is 37.7 Å². The highest BCUT2D eigenvalue weighted by molar-refractivity contribution is 7.14. The van der Waals surface area contributed by atoms with Gasteiger partial charge in [-0.3, -0.25) is 4.79 Å². The Bertz CT molecular complexity index is 1160. The minimum Gasteiger partial charge on any atom is -0.493 e. The quantitative estimate of drug-likeness (QED) is 0.563. The van der Waals surface area contributed by atoms with Crippen molar-refractivity contribution in [2.45, 2.75) is 13.0 Å². The first-order valence-corrected chi connectivity index (χ1v) is 10.8. The number of carbonyl (C=O) groups is 2. The molecule has 3 N–H and O–H groups in total. The van der Waals surface area contributed by atoms with Gasteiger partial charge in [-0.25, -0.2) is 4.79 Å². The molecule has 0 spiro atoms. The molecule has 32 heavy (non-hydrogen) atoms. The SMILES string of the molecule is COc1ccc(OC(=O)N2CCc3cc(C(=O)Nc4ccccc4N)sc3C2)cc1OC. The van der Waals surface area contributed by atoms with E-state index in [0.717, 1.165) is 10.4 Å². The molecule has 0 fully saturated rings. The maximum Gasteiger partial charge on any atom is 0.415 e. The predicted molar refractivity (Wildman–Crippen MR) is 123 cm³/mol. The van der Waals surface area contributed by atoms with E-state index in [-0.39, 0.29) is 5.91 Å². The van der Waals surface area contributed by atoms with Gasteiger partial charge in [0, 0.05) is 17.5 Å². The summed E-state index contributed by atoms with van der Waals surface area (Å²) < 4.78 is 16.0. The second-order valence-electron chi connectivity index (χ2n) is 7.16. The Morgan fingerprint density at radius 1 is 1.06 bits per heavy atom. The molecule has 2 aromatic carbocycles. The standard InChI is InChI=1S/C23H23N3O5S/c1-29-18-8-7-15(12-19(18)30-2)31-23(28)26-10-9-14-11-20(32-21(14)13-26)22(27)25-17-6-4-3-5-16(17)24/h3-8,11-12H,9-10,13,24H2,1-2H3,(H,25,27). The van der Waals surface area contributed by atoms with Crippen molar-refractivity contribution in [1.82, 2.24) is 4.90 Å². The van der Waals surface area contributed by atoms with Gasteiger partial charge < -0.3 is 30.2 Å². The first-order chi connectivity index (χ1) is 15.5. The number of hydrogen-bond acceptors (Lipinski definition) is 7. The van der Waals surface area contributed by atoms with Crippen LogP contribution in [0.4, 0.5) is 16.2 Å².